The summed E-state index contributed by atoms with van der Waals surface area (Å²) < 4.78 is 19.6. The maximum Gasteiger partial charge on any atom is 0.128 e. The van der Waals surface area contributed by atoms with Crippen molar-refractivity contribution in [1.29, 1.82) is 0 Å². The highest BCUT2D eigenvalue weighted by molar-refractivity contribution is 9.10. The second-order valence-electron chi connectivity index (χ2n) is 4.37. The van der Waals surface area contributed by atoms with Crippen molar-refractivity contribution >= 4 is 15.9 Å². The number of halogens is 2. The van der Waals surface area contributed by atoms with Gasteiger partial charge >= 0.3 is 0 Å². The van der Waals surface area contributed by atoms with Crippen molar-refractivity contribution in [2.24, 2.45) is 0 Å². The number of hydrogen-bond acceptors (Lipinski definition) is 3. The number of benzene rings is 1. The van der Waals surface area contributed by atoms with Gasteiger partial charge in [-0.05, 0) is 12.1 Å². The molecule has 1 aromatic carbocycles. The van der Waals surface area contributed by atoms with Gasteiger partial charge in [-0.2, -0.15) is 0 Å². The van der Waals surface area contributed by atoms with Crippen molar-refractivity contribution in [2.75, 3.05) is 39.4 Å². The van der Waals surface area contributed by atoms with Crippen LogP contribution in [0.2, 0.25) is 0 Å². The predicted octanol–water partition coefficient (Wildman–Crippen LogP) is 2.01. The Labute approximate surface area is 115 Å². The lowest BCUT2D eigenvalue weighted by Crippen LogP contribution is -2.40. The van der Waals surface area contributed by atoms with Crippen LogP contribution >= 0.6 is 15.9 Å². The van der Waals surface area contributed by atoms with E-state index in [-0.39, 0.29) is 5.82 Å². The third-order valence-electron chi connectivity index (χ3n) is 3.04. The van der Waals surface area contributed by atoms with Gasteiger partial charge in [0.15, 0.2) is 0 Å². The van der Waals surface area contributed by atoms with Crippen LogP contribution in [0.1, 0.15) is 5.56 Å². The largest absolute Gasteiger partial charge is 0.379 e. The molecule has 3 nitrogen and oxygen atoms in total. The zero-order chi connectivity index (χ0) is 12.8. The van der Waals surface area contributed by atoms with E-state index in [2.05, 4.69) is 26.1 Å². The Morgan fingerprint density at radius 2 is 2.11 bits per heavy atom. The minimum absolute atomic E-state index is 0.164. The van der Waals surface area contributed by atoms with Crippen LogP contribution in [0.25, 0.3) is 0 Å². The Bertz CT molecular complexity index is 383. The molecule has 0 atom stereocenters. The van der Waals surface area contributed by atoms with Gasteiger partial charge in [0.05, 0.1) is 13.2 Å². The number of morpholine rings is 1. The summed E-state index contributed by atoms with van der Waals surface area (Å²) in [6, 6.07) is 5.17. The molecule has 1 aromatic rings. The van der Waals surface area contributed by atoms with Crippen molar-refractivity contribution < 1.29 is 9.13 Å². The zero-order valence-electron chi connectivity index (χ0n) is 10.3. The second kappa shape index (κ2) is 7.19. The molecule has 2 rings (SSSR count). The first-order valence-corrected chi connectivity index (χ1v) is 7.00. The van der Waals surface area contributed by atoms with Crippen LogP contribution in [0.4, 0.5) is 4.39 Å². The fourth-order valence-electron chi connectivity index (χ4n) is 1.95. The first-order chi connectivity index (χ1) is 8.75. The molecule has 1 aliphatic heterocycles. The molecule has 1 saturated heterocycles. The van der Waals surface area contributed by atoms with Crippen molar-refractivity contribution in [3.63, 3.8) is 0 Å². The lowest BCUT2D eigenvalue weighted by atomic mass is 10.2. The molecule has 1 N–H and O–H groups in total. The summed E-state index contributed by atoms with van der Waals surface area (Å²) in [5.41, 5.74) is 0.708. The van der Waals surface area contributed by atoms with Crippen LogP contribution < -0.4 is 5.32 Å². The van der Waals surface area contributed by atoms with Crippen LogP contribution in [-0.2, 0) is 11.3 Å². The summed E-state index contributed by atoms with van der Waals surface area (Å²) in [4.78, 5) is 2.36. The summed E-state index contributed by atoms with van der Waals surface area (Å²) in [7, 11) is 0. The predicted molar refractivity (Wildman–Crippen MR) is 73.1 cm³/mol. The van der Waals surface area contributed by atoms with E-state index in [9.17, 15) is 4.39 Å². The van der Waals surface area contributed by atoms with E-state index in [0.717, 1.165) is 43.9 Å². The highest BCUT2D eigenvalue weighted by Gasteiger charge is 2.09. The Balaban J connectivity index is 1.68. The molecule has 1 fully saturated rings. The van der Waals surface area contributed by atoms with Crippen LogP contribution in [0.3, 0.4) is 0 Å². The Hall–Kier alpha value is -0.490. The van der Waals surface area contributed by atoms with Gasteiger partial charge in [0.2, 0.25) is 0 Å². The van der Waals surface area contributed by atoms with Crippen molar-refractivity contribution in [2.45, 2.75) is 6.54 Å². The van der Waals surface area contributed by atoms with E-state index in [1.807, 2.05) is 6.07 Å². The summed E-state index contributed by atoms with van der Waals surface area (Å²) in [5, 5.41) is 3.27. The van der Waals surface area contributed by atoms with Gasteiger partial charge in [-0.1, -0.05) is 22.0 Å². The molecular weight excluding hydrogens is 299 g/mol. The van der Waals surface area contributed by atoms with Crippen LogP contribution in [0.5, 0.6) is 0 Å². The molecule has 0 aliphatic carbocycles. The highest BCUT2D eigenvalue weighted by Crippen LogP contribution is 2.14. The molecule has 0 saturated carbocycles. The average molecular weight is 317 g/mol. The van der Waals surface area contributed by atoms with Crippen LogP contribution in [0.15, 0.2) is 22.7 Å². The van der Waals surface area contributed by atoms with Crippen LogP contribution in [0, 0.1) is 5.82 Å². The SMILES string of the molecule is Fc1cc(Br)ccc1CNCCN1CCOCC1. The topological polar surface area (TPSA) is 24.5 Å². The fourth-order valence-corrected chi connectivity index (χ4v) is 2.28. The van der Waals surface area contributed by atoms with E-state index in [0.29, 0.717) is 12.1 Å². The summed E-state index contributed by atoms with van der Waals surface area (Å²) in [5.74, 6) is -0.164. The molecule has 1 heterocycles. The standard InChI is InChI=1S/C13H18BrFN2O/c14-12-2-1-11(13(15)9-12)10-16-3-4-17-5-7-18-8-6-17/h1-2,9,16H,3-8,10H2. The summed E-state index contributed by atoms with van der Waals surface area (Å²) >= 11 is 3.25. The minimum atomic E-state index is -0.164. The second-order valence-corrected chi connectivity index (χ2v) is 5.28. The first-order valence-electron chi connectivity index (χ1n) is 6.20. The van der Waals surface area contributed by atoms with Crippen molar-refractivity contribution in [1.82, 2.24) is 10.2 Å². The summed E-state index contributed by atoms with van der Waals surface area (Å²) in [6.45, 7) is 6.06. The van der Waals surface area contributed by atoms with Gasteiger partial charge in [-0.25, -0.2) is 4.39 Å². The van der Waals surface area contributed by atoms with Gasteiger partial charge in [0.25, 0.3) is 0 Å². The van der Waals surface area contributed by atoms with E-state index < -0.39 is 0 Å². The highest BCUT2D eigenvalue weighted by atomic mass is 79.9. The third-order valence-corrected chi connectivity index (χ3v) is 3.53. The average Bonchev–Trinajstić information content (AvgIpc) is 2.38. The molecule has 18 heavy (non-hydrogen) atoms. The minimum Gasteiger partial charge on any atom is -0.379 e. The molecule has 0 unspecified atom stereocenters. The van der Waals surface area contributed by atoms with Gasteiger partial charge in [0.1, 0.15) is 5.82 Å². The molecule has 0 aromatic heterocycles. The Morgan fingerprint density at radius 3 is 2.83 bits per heavy atom. The van der Waals surface area contributed by atoms with Gasteiger partial charge in [0, 0.05) is 42.8 Å². The van der Waals surface area contributed by atoms with Crippen LogP contribution in [-0.4, -0.2) is 44.3 Å². The molecule has 0 amide bonds. The van der Waals surface area contributed by atoms with E-state index in [1.54, 1.807) is 6.07 Å². The Kier molecular flexibility index (Phi) is 5.56. The van der Waals surface area contributed by atoms with E-state index in [4.69, 9.17) is 4.74 Å². The molecule has 5 heteroatoms. The van der Waals surface area contributed by atoms with Gasteiger partial charge in [-0.3, -0.25) is 4.90 Å². The molecular formula is C13H18BrFN2O. The lowest BCUT2D eigenvalue weighted by molar-refractivity contribution is 0.0384. The molecule has 0 bridgehead atoms. The smallest absolute Gasteiger partial charge is 0.128 e. The van der Waals surface area contributed by atoms with Gasteiger partial charge < -0.3 is 10.1 Å². The third kappa shape index (κ3) is 4.31. The molecule has 0 spiro atoms. The number of hydrogen-bond donors (Lipinski definition) is 1. The maximum absolute atomic E-state index is 13.5. The monoisotopic (exact) mass is 316 g/mol. The number of nitrogens with one attached hydrogen (secondary N) is 1. The van der Waals surface area contributed by atoms with E-state index in [1.165, 1.54) is 6.07 Å². The van der Waals surface area contributed by atoms with Crippen molar-refractivity contribution in [3.05, 3.63) is 34.1 Å². The quantitative estimate of drug-likeness (QED) is 0.841. The first kappa shape index (κ1) is 13.9. The lowest BCUT2D eigenvalue weighted by Gasteiger charge is -2.26. The normalized spacial score (nSPS) is 17.0. The maximum atomic E-state index is 13.5. The number of nitrogens with zero attached hydrogens (tertiary/aromatic N) is 1. The molecule has 1 aliphatic rings. The number of rotatable bonds is 5. The van der Waals surface area contributed by atoms with E-state index >= 15 is 0 Å². The molecule has 100 valence electrons. The van der Waals surface area contributed by atoms with Crippen molar-refractivity contribution in [3.8, 4) is 0 Å². The zero-order valence-corrected chi connectivity index (χ0v) is 11.9. The fraction of sp³-hybridized carbons (Fsp3) is 0.538. The summed E-state index contributed by atoms with van der Waals surface area (Å²) in [6.07, 6.45) is 0. The van der Waals surface area contributed by atoms with Gasteiger partial charge in [-0.15, -0.1) is 0 Å². The molecule has 0 radical (unpaired) electrons. The Morgan fingerprint density at radius 1 is 1.33 bits per heavy atom. The number of ether oxygens (including phenoxy) is 1.